The van der Waals surface area contributed by atoms with Crippen molar-refractivity contribution < 1.29 is 4.79 Å². The second-order valence-corrected chi connectivity index (χ2v) is 7.86. The fraction of sp³-hybridized carbons (Fsp3) is 0.350. The highest BCUT2D eigenvalue weighted by atomic mass is 32.1. The third-order valence-corrected chi connectivity index (χ3v) is 6.39. The number of amides is 1. The first kappa shape index (κ1) is 17.0. The fourth-order valence-corrected chi connectivity index (χ4v) is 5.00. The number of hydrogen-bond donors (Lipinski definition) is 2. The molecule has 2 heterocycles. The molecular weight excluding hydrogens is 346 g/mol. The van der Waals surface area contributed by atoms with Gasteiger partial charge in [-0.2, -0.15) is 0 Å². The summed E-state index contributed by atoms with van der Waals surface area (Å²) in [5.41, 5.74) is 2.52. The Morgan fingerprint density at radius 1 is 1.35 bits per heavy atom. The van der Waals surface area contributed by atoms with Crippen LogP contribution >= 0.6 is 11.3 Å². The molecule has 4 rings (SSSR count). The molecular formula is C20H21N3O2S. The minimum Gasteiger partial charge on any atom is -0.355 e. The zero-order valence-corrected chi connectivity index (χ0v) is 15.7. The van der Waals surface area contributed by atoms with E-state index in [-0.39, 0.29) is 11.5 Å². The number of H-pyrrole nitrogens is 1. The predicted molar refractivity (Wildman–Crippen MR) is 105 cm³/mol. The molecule has 3 aromatic rings. The molecule has 0 fully saturated rings. The van der Waals surface area contributed by atoms with Gasteiger partial charge in [-0.3, -0.25) is 9.59 Å². The van der Waals surface area contributed by atoms with Gasteiger partial charge in [0, 0.05) is 23.1 Å². The third-order valence-electron chi connectivity index (χ3n) is 5.25. The van der Waals surface area contributed by atoms with E-state index in [1.807, 2.05) is 12.1 Å². The Kier molecular flexibility index (Phi) is 4.36. The number of fused-ring (bicyclic) bond motifs is 3. The number of aromatic amines is 1. The maximum atomic E-state index is 12.7. The van der Waals surface area contributed by atoms with Gasteiger partial charge in [0.1, 0.15) is 10.7 Å². The molecule has 0 aliphatic heterocycles. The molecule has 134 valence electrons. The third kappa shape index (κ3) is 2.84. The lowest BCUT2D eigenvalue weighted by Gasteiger charge is -2.20. The smallest absolute Gasteiger partial charge is 0.260 e. The molecule has 0 bridgehead atoms. The Labute approximate surface area is 155 Å². The number of benzene rings is 1. The number of nitrogens with zero attached hydrogens (tertiary/aromatic N) is 1. The molecule has 0 saturated heterocycles. The van der Waals surface area contributed by atoms with Crippen LogP contribution in [0, 0.1) is 5.92 Å². The highest BCUT2D eigenvalue weighted by molar-refractivity contribution is 7.18. The Hall–Kier alpha value is -2.47. The maximum Gasteiger partial charge on any atom is 0.260 e. The minimum atomic E-state index is -0.134. The molecule has 1 aliphatic rings. The standard InChI is InChI=1S/C20H21N3O2S/c1-3-11-4-9-14-15(10-11)26-20-16(14)19(25)22-17(23-20)12-5-7-13(8-6-12)18(24)21-2/h5-8,11H,3-4,9-10H2,1-2H3,(H,21,24)(H,22,23,25)/t11-/m0/s1. The molecule has 26 heavy (non-hydrogen) atoms. The van der Waals surface area contributed by atoms with Crippen LogP contribution in [0.15, 0.2) is 29.1 Å². The predicted octanol–water partition coefficient (Wildman–Crippen LogP) is 3.53. The average molecular weight is 367 g/mol. The van der Waals surface area contributed by atoms with Crippen LogP contribution in [0.3, 0.4) is 0 Å². The zero-order valence-electron chi connectivity index (χ0n) is 14.9. The number of carbonyl (C=O) groups is 1. The van der Waals surface area contributed by atoms with Gasteiger partial charge in [0.25, 0.3) is 11.5 Å². The van der Waals surface area contributed by atoms with Crippen LogP contribution in [0.25, 0.3) is 21.6 Å². The molecule has 5 nitrogen and oxygen atoms in total. The largest absolute Gasteiger partial charge is 0.355 e. The molecule has 2 N–H and O–H groups in total. The van der Waals surface area contributed by atoms with Gasteiger partial charge in [-0.15, -0.1) is 11.3 Å². The van der Waals surface area contributed by atoms with Crippen molar-refractivity contribution in [3.05, 3.63) is 50.6 Å². The van der Waals surface area contributed by atoms with E-state index in [9.17, 15) is 9.59 Å². The Balaban J connectivity index is 1.76. The Morgan fingerprint density at radius 2 is 2.12 bits per heavy atom. The minimum absolute atomic E-state index is 0.0622. The number of carbonyl (C=O) groups excluding carboxylic acids is 1. The number of aromatic nitrogens is 2. The van der Waals surface area contributed by atoms with Crippen molar-refractivity contribution in [3.63, 3.8) is 0 Å². The van der Waals surface area contributed by atoms with E-state index >= 15 is 0 Å². The molecule has 0 spiro atoms. The summed E-state index contributed by atoms with van der Waals surface area (Å²) in [5, 5.41) is 3.37. The van der Waals surface area contributed by atoms with E-state index in [1.165, 1.54) is 16.9 Å². The van der Waals surface area contributed by atoms with Crippen LogP contribution in [0.2, 0.25) is 0 Å². The quantitative estimate of drug-likeness (QED) is 0.744. The molecule has 0 unspecified atom stereocenters. The van der Waals surface area contributed by atoms with Crippen molar-refractivity contribution in [3.8, 4) is 11.4 Å². The summed E-state index contributed by atoms with van der Waals surface area (Å²) in [6, 6.07) is 7.11. The van der Waals surface area contributed by atoms with Crippen molar-refractivity contribution in [2.24, 2.45) is 5.92 Å². The van der Waals surface area contributed by atoms with E-state index in [0.29, 0.717) is 17.3 Å². The second-order valence-electron chi connectivity index (χ2n) is 6.77. The number of aryl methyl sites for hydroxylation is 1. The van der Waals surface area contributed by atoms with Gasteiger partial charge in [0.2, 0.25) is 0 Å². The van der Waals surface area contributed by atoms with Gasteiger partial charge in [0.05, 0.1) is 5.39 Å². The van der Waals surface area contributed by atoms with Crippen molar-refractivity contribution >= 4 is 27.5 Å². The van der Waals surface area contributed by atoms with Crippen LogP contribution in [0.4, 0.5) is 0 Å². The first-order chi connectivity index (χ1) is 12.6. The molecule has 1 atom stereocenters. The van der Waals surface area contributed by atoms with E-state index in [0.717, 1.165) is 35.0 Å². The van der Waals surface area contributed by atoms with Gasteiger partial charge in [-0.25, -0.2) is 4.98 Å². The van der Waals surface area contributed by atoms with Crippen LogP contribution < -0.4 is 10.9 Å². The SMILES string of the molecule is CC[C@H]1CCc2c(sc3nc(-c4ccc(C(=O)NC)cc4)[nH]c(=O)c23)C1. The number of thiophene rings is 1. The first-order valence-corrected chi connectivity index (χ1v) is 9.79. The summed E-state index contributed by atoms with van der Waals surface area (Å²) in [7, 11) is 1.60. The van der Waals surface area contributed by atoms with Gasteiger partial charge in [-0.05, 0) is 42.9 Å². The van der Waals surface area contributed by atoms with Crippen LogP contribution in [0.1, 0.15) is 40.6 Å². The van der Waals surface area contributed by atoms with Crippen LogP contribution in [-0.2, 0) is 12.8 Å². The first-order valence-electron chi connectivity index (χ1n) is 8.97. The summed E-state index contributed by atoms with van der Waals surface area (Å²) in [5.74, 6) is 1.13. The zero-order chi connectivity index (χ0) is 18.3. The van der Waals surface area contributed by atoms with Crippen molar-refractivity contribution in [2.75, 3.05) is 7.05 Å². The normalized spacial score (nSPS) is 16.5. The second kappa shape index (κ2) is 6.68. The van der Waals surface area contributed by atoms with Gasteiger partial charge >= 0.3 is 0 Å². The van der Waals surface area contributed by atoms with Crippen LogP contribution in [-0.4, -0.2) is 22.9 Å². The number of nitrogens with one attached hydrogen (secondary N) is 2. The van der Waals surface area contributed by atoms with Crippen molar-refractivity contribution in [1.29, 1.82) is 0 Å². The fourth-order valence-electron chi connectivity index (χ4n) is 3.66. The summed E-state index contributed by atoms with van der Waals surface area (Å²) in [6.45, 7) is 2.23. The summed E-state index contributed by atoms with van der Waals surface area (Å²) in [4.78, 5) is 34.2. The topological polar surface area (TPSA) is 74.8 Å². The molecule has 0 saturated carbocycles. The van der Waals surface area contributed by atoms with Crippen molar-refractivity contribution in [2.45, 2.75) is 32.6 Å². The van der Waals surface area contributed by atoms with Crippen molar-refractivity contribution in [1.82, 2.24) is 15.3 Å². The van der Waals surface area contributed by atoms with E-state index in [1.54, 1.807) is 30.5 Å². The highest BCUT2D eigenvalue weighted by Gasteiger charge is 2.24. The molecule has 1 aromatic carbocycles. The lowest BCUT2D eigenvalue weighted by atomic mass is 9.86. The van der Waals surface area contributed by atoms with Gasteiger partial charge < -0.3 is 10.3 Å². The monoisotopic (exact) mass is 367 g/mol. The van der Waals surface area contributed by atoms with E-state index < -0.39 is 0 Å². The Bertz CT molecular complexity index is 1030. The molecule has 1 aliphatic carbocycles. The molecule has 0 radical (unpaired) electrons. The average Bonchev–Trinajstić information content (AvgIpc) is 3.05. The Morgan fingerprint density at radius 3 is 2.81 bits per heavy atom. The maximum absolute atomic E-state index is 12.7. The molecule has 1 amide bonds. The summed E-state index contributed by atoms with van der Waals surface area (Å²) >= 11 is 1.66. The van der Waals surface area contributed by atoms with E-state index in [2.05, 4.69) is 17.2 Å². The lowest BCUT2D eigenvalue weighted by molar-refractivity contribution is 0.0963. The molecule has 6 heteroatoms. The number of hydrogen-bond acceptors (Lipinski definition) is 4. The highest BCUT2D eigenvalue weighted by Crippen LogP contribution is 2.37. The van der Waals surface area contributed by atoms with Crippen LogP contribution in [0.5, 0.6) is 0 Å². The summed E-state index contributed by atoms with van der Waals surface area (Å²) < 4.78 is 0. The molecule has 2 aromatic heterocycles. The lowest BCUT2D eigenvalue weighted by Crippen LogP contribution is -2.17. The van der Waals surface area contributed by atoms with Gasteiger partial charge in [0.15, 0.2) is 0 Å². The number of rotatable bonds is 3. The summed E-state index contributed by atoms with van der Waals surface area (Å²) in [6.07, 6.45) is 4.36. The van der Waals surface area contributed by atoms with E-state index in [4.69, 9.17) is 4.98 Å². The van der Waals surface area contributed by atoms with Gasteiger partial charge in [-0.1, -0.05) is 25.5 Å².